The standard InChI is InChI=1S/C16H18BrNOS/c1-2-18-15(16-13(17)7-9-20-16)12-5-6-14-11(10-12)4-3-8-19-14/h5-7,9-10,15,18H,2-4,8H2,1H3. The highest BCUT2D eigenvalue weighted by Gasteiger charge is 2.19. The maximum Gasteiger partial charge on any atom is 0.122 e. The summed E-state index contributed by atoms with van der Waals surface area (Å²) < 4.78 is 6.89. The molecular formula is C16H18BrNOS. The normalized spacial score (nSPS) is 15.5. The number of halogens is 1. The number of aryl methyl sites for hydroxylation is 1. The van der Waals surface area contributed by atoms with E-state index in [1.54, 1.807) is 11.3 Å². The van der Waals surface area contributed by atoms with Crippen LogP contribution in [0.1, 0.15) is 35.4 Å². The maximum absolute atomic E-state index is 5.71. The van der Waals surface area contributed by atoms with Gasteiger partial charge in [-0.2, -0.15) is 0 Å². The molecule has 0 fully saturated rings. The van der Waals surface area contributed by atoms with Crippen molar-refractivity contribution >= 4 is 27.3 Å². The Hall–Kier alpha value is -0.840. The molecule has 1 aliphatic heterocycles. The van der Waals surface area contributed by atoms with Gasteiger partial charge in [0.25, 0.3) is 0 Å². The first-order valence-corrected chi connectivity index (χ1v) is 8.68. The van der Waals surface area contributed by atoms with Gasteiger partial charge in [0.1, 0.15) is 5.75 Å². The molecule has 1 atom stereocenters. The molecule has 1 aromatic heterocycles. The summed E-state index contributed by atoms with van der Waals surface area (Å²) in [6.07, 6.45) is 2.23. The van der Waals surface area contributed by atoms with E-state index < -0.39 is 0 Å². The molecule has 1 unspecified atom stereocenters. The van der Waals surface area contributed by atoms with Crippen molar-refractivity contribution in [1.82, 2.24) is 5.32 Å². The lowest BCUT2D eigenvalue weighted by atomic mass is 9.98. The molecule has 1 aromatic carbocycles. The summed E-state index contributed by atoms with van der Waals surface area (Å²) in [6, 6.07) is 8.97. The molecule has 1 N–H and O–H groups in total. The molecule has 20 heavy (non-hydrogen) atoms. The van der Waals surface area contributed by atoms with Crippen molar-refractivity contribution < 1.29 is 4.74 Å². The molecule has 3 rings (SSSR count). The third kappa shape index (κ3) is 2.78. The van der Waals surface area contributed by atoms with Crippen molar-refractivity contribution in [3.63, 3.8) is 0 Å². The first kappa shape index (κ1) is 14.1. The minimum absolute atomic E-state index is 0.251. The predicted molar refractivity (Wildman–Crippen MR) is 87.8 cm³/mol. The Kier molecular flexibility index (Phi) is 4.44. The Morgan fingerprint density at radius 3 is 3.05 bits per heavy atom. The fourth-order valence-corrected chi connectivity index (χ4v) is 4.34. The second-order valence-corrected chi connectivity index (χ2v) is 6.74. The summed E-state index contributed by atoms with van der Waals surface area (Å²) in [4.78, 5) is 1.34. The molecule has 2 nitrogen and oxygen atoms in total. The molecule has 2 heterocycles. The van der Waals surface area contributed by atoms with Crippen LogP contribution in [0.25, 0.3) is 0 Å². The monoisotopic (exact) mass is 351 g/mol. The lowest BCUT2D eigenvalue weighted by molar-refractivity contribution is 0.288. The Morgan fingerprint density at radius 2 is 2.30 bits per heavy atom. The number of fused-ring (bicyclic) bond motifs is 1. The zero-order valence-corrected chi connectivity index (χ0v) is 13.9. The third-order valence-electron chi connectivity index (χ3n) is 3.58. The summed E-state index contributed by atoms with van der Waals surface area (Å²) in [5, 5.41) is 5.72. The molecule has 0 bridgehead atoms. The Labute approximate surface area is 132 Å². The van der Waals surface area contributed by atoms with E-state index in [0.29, 0.717) is 0 Å². The lowest BCUT2D eigenvalue weighted by Crippen LogP contribution is -2.22. The number of ether oxygens (including phenoxy) is 1. The fraction of sp³-hybridized carbons (Fsp3) is 0.375. The van der Waals surface area contributed by atoms with Crippen LogP contribution in [0.15, 0.2) is 34.1 Å². The molecule has 0 aliphatic carbocycles. The van der Waals surface area contributed by atoms with E-state index >= 15 is 0 Å². The van der Waals surface area contributed by atoms with Crippen molar-refractivity contribution in [2.24, 2.45) is 0 Å². The topological polar surface area (TPSA) is 21.3 Å². The van der Waals surface area contributed by atoms with Crippen LogP contribution >= 0.6 is 27.3 Å². The first-order chi connectivity index (χ1) is 9.79. The maximum atomic E-state index is 5.71. The molecule has 0 amide bonds. The second kappa shape index (κ2) is 6.29. The molecule has 1 aliphatic rings. The SMILES string of the molecule is CCNC(c1ccc2c(c1)CCCO2)c1sccc1Br. The first-order valence-electron chi connectivity index (χ1n) is 7.01. The predicted octanol–water partition coefficient (Wildman–Crippen LogP) is 4.53. The minimum Gasteiger partial charge on any atom is -0.493 e. The second-order valence-electron chi connectivity index (χ2n) is 4.94. The number of thiophene rings is 1. The number of hydrogen-bond donors (Lipinski definition) is 1. The smallest absolute Gasteiger partial charge is 0.122 e. The van der Waals surface area contributed by atoms with E-state index in [9.17, 15) is 0 Å². The minimum atomic E-state index is 0.251. The third-order valence-corrected chi connectivity index (χ3v) is 5.52. The van der Waals surface area contributed by atoms with Gasteiger partial charge in [-0.25, -0.2) is 0 Å². The van der Waals surface area contributed by atoms with Gasteiger partial charge >= 0.3 is 0 Å². The average Bonchev–Trinajstić information content (AvgIpc) is 2.90. The summed E-state index contributed by atoms with van der Waals surface area (Å²) in [5.74, 6) is 1.06. The van der Waals surface area contributed by atoms with Gasteiger partial charge in [-0.15, -0.1) is 11.3 Å². The van der Waals surface area contributed by atoms with Gasteiger partial charge in [0.15, 0.2) is 0 Å². The van der Waals surface area contributed by atoms with E-state index in [1.165, 1.54) is 20.5 Å². The molecule has 0 saturated carbocycles. The Balaban J connectivity index is 1.97. The van der Waals surface area contributed by atoms with Gasteiger partial charge in [-0.05, 0) is 64.0 Å². The van der Waals surface area contributed by atoms with Crippen LogP contribution in [0, 0.1) is 0 Å². The van der Waals surface area contributed by atoms with E-state index in [4.69, 9.17) is 4.74 Å². The van der Waals surface area contributed by atoms with Gasteiger partial charge in [0.2, 0.25) is 0 Å². The number of benzene rings is 1. The summed E-state index contributed by atoms with van der Waals surface area (Å²) in [6.45, 7) is 3.94. The van der Waals surface area contributed by atoms with Crippen LogP contribution in [0.2, 0.25) is 0 Å². The van der Waals surface area contributed by atoms with Crippen molar-refractivity contribution in [2.75, 3.05) is 13.2 Å². The van der Waals surface area contributed by atoms with Gasteiger partial charge < -0.3 is 10.1 Å². The van der Waals surface area contributed by atoms with Crippen LogP contribution in [0.3, 0.4) is 0 Å². The number of nitrogens with one attached hydrogen (secondary N) is 1. The van der Waals surface area contributed by atoms with Crippen LogP contribution in [-0.4, -0.2) is 13.2 Å². The largest absolute Gasteiger partial charge is 0.493 e. The fourth-order valence-electron chi connectivity index (χ4n) is 2.64. The van der Waals surface area contributed by atoms with Crippen molar-refractivity contribution in [3.8, 4) is 5.75 Å². The molecular weight excluding hydrogens is 334 g/mol. The zero-order valence-electron chi connectivity index (χ0n) is 11.5. The van der Waals surface area contributed by atoms with E-state index in [2.05, 4.69) is 57.8 Å². The van der Waals surface area contributed by atoms with Crippen LogP contribution < -0.4 is 10.1 Å². The van der Waals surface area contributed by atoms with Crippen LogP contribution in [0.5, 0.6) is 5.75 Å². The lowest BCUT2D eigenvalue weighted by Gasteiger charge is -2.22. The summed E-state index contributed by atoms with van der Waals surface area (Å²) in [7, 11) is 0. The van der Waals surface area contributed by atoms with Crippen LogP contribution in [-0.2, 0) is 6.42 Å². The van der Waals surface area contributed by atoms with Gasteiger partial charge in [0, 0.05) is 9.35 Å². The molecule has 0 radical (unpaired) electrons. The summed E-state index contributed by atoms with van der Waals surface area (Å²) >= 11 is 5.44. The van der Waals surface area contributed by atoms with Gasteiger partial charge in [0.05, 0.1) is 12.6 Å². The van der Waals surface area contributed by atoms with Crippen molar-refractivity contribution in [2.45, 2.75) is 25.8 Å². The Bertz CT molecular complexity index is 596. The number of hydrogen-bond acceptors (Lipinski definition) is 3. The van der Waals surface area contributed by atoms with E-state index in [-0.39, 0.29) is 6.04 Å². The van der Waals surface area contributed by atoms with Crippen molar-refractivity contribution in [3.05, 3.63) is 50.1 Å². The Morgan fingerprint density at radius 1 is 1.40 bits per heavy atom. The van der Waals surface area contributed by atoms with Crippen LogP contribution in [0.4, 0.5) is 0 Å². The molecule has 106 valence electrons. The van der Waals surface area contributed by atoms with Crippen molar-refractivity contribution in [1.29, 1.82) is 0 Å². The highest BCUT2D eigenvalue weighted by Crippen LogP contribution is 2.35. The molecule has 0 saturated heterocycles. The van der Waals surface area contributed by atoms with Gasteiger partial charge in [-0.1, -0.05) is 19.1 Å². The number of rotatable bonds is 4. The van der Waals surface area contributed by atoms with E-state index in [1.807, 2.05) is 0 Å². The highest BCUT2D eigenvalue weighted by atomic mass is 79.9. The zero-order chi connectivity index (χ0) is 13.9. The molecule has 2 aromatic rings. The van der Waals surface area contributed by atoms with E-state index in [0.717, 1.165) is 31.7 Å². The van der Waals surface area contributed by atoms with Gasteiger partial charge in [-0.3, -0.25) is 0 Å². The average molecular weight is 352 g/mol. The molecule has 4 heteroatoms. The highest BCUT2D eigenvalue weighted by molar-refractivity contribution is 9.10. The summed E-state index contributed by atoms with van der Waals surface area (Å²) in [5.41, 5.74) is 2.66. The molecule has 0 spiro atoms. The quantitative estimate of drug-likeness (QED) is 0.873.